The Morgan fingerprint density at radius 2 is 2.00 bits per heavy atom. The molecule has 162 valence electrons. The number of nitrogens with zero attached hydrogens (tertiary/aromatic N) is 2. The Bertz CT molecular complexity index is 1290. The van der Waals surface area contributed by atoms with Crippen LogP contribution in [0, 0.1) is 0 Å². The predicted molar refractivity (Wildman–Crippen MR) is 121 cm³/mol. The second kappa shape index (κ2) is 9.31. The molecule has 0 atom stereocenters. The van der Waals surface area contributed by atoms with Crippen LogP contribution in [0.5, 0.6) is 5.75 Å². The first-order valence-electron chi connectivity index (χ1n) is 9.70. The SMILES string of the molecule is CC(=O)O.COc1ccc2[nH]c(=O)c(-c3cn(CCCN)c4ccc(N)cc34)nc2c1. The van der Waals surface area contributed by atoms with Crippen LogP contribution >= 0.6 is 0 Å². The van der Waals surface area contributed by atoms with Crippen LogP contribution in [0.25, 0.3) is 33.2 Å². The lowest BCUT2D eigenvalue weighted by molar-refractivity contribution is -0.134. The van der Waals surface area contributed by atoms with E-state index in [1.165, 1.54) is 0 Å². The minimum absolute atomic E-state index is 0.243. The highest BCUT2D eigenvalue weighted by atomic mass is 16.5. The zero-order valence-electron chi connectivity index (χ0n) is 17.4. The van der Waals surface area contributed by atoms with Crippen molar-refractivity contribution in [3.05, 3.63) is 52.9 Å². The lowest BCUT2D eigenvalue weighted by Gasteiger charge is -2.04. The van der Waals surface area contributed by atoms with Crippen LogP contribution in [-0.2, 0) is 11.3 Å². The first-order valence-corrected chi connectivity index (χ1v) is 9.70. The number of aliphatic carboxylic acids is 1. The number of carbonyl (C=O) groups is 1. The van der Waals surface area contributed by atoms with Crippen molar-refractivity contribution < 1.29 is 14.6 Å². The standard InChI is InChI=1S/C20H21N5O2.C2H4O2/c1-27-13-4-5-16-17(10-13)23-19(20(26)24-16)15-11-25(8-2-7-21)18-6-3-12(22)9-14(15)18;1-2(3)4/h3-6,9-11H,2,7-8,21-22H2,1H3,(H,24,26);1H3,(H,3,4). The smallest absolute Gasteiger partial charge is 0.300 e. The van der Waals surface area contributed by atoms with Crippen molar-refractivity contribution in [2.45, 2.75) is 19.9 Å². The second-order valence-corrected chi connectivity index (χ2v) is 6.97. The first kappa shape index (κ1) is 21.8. The largest absolute Gasteiger partial charge is 0.497 e. The lowest BCUT2D eigenvalue weighted by Crippen LogP contribution is -2.11. The molecule has 0 aliphatic heterocycles. The normalized spacial score (nSPS) is 10.7. The van der Waals surface area contributed by atoms with Crippen LogP contribution < -0.4 is 21.8 Å². The van der Waals surface area contributed by atoms with Gasteiger partial charge in [0.05, 0.1) is 18.1 Å². The van der Waals surface area contributed by atoms with Crippen molar-refractivity contribution >= 4 is 33.6 Å². The minimum Gasteiger partial charge on any atom is -0.497 e. The molecule has 0 bridgehead atoms. The van der Waals surface area contributed by atoms with Crippen LogP contribution in [0.1, 0.15) is 13.3 Å². The Balaban J connectivity index is 0.000000628. The van der Waals surface area contributed by atoms with E-state index in [2.05, 4.69) is 14.5 Å². The molecule has 2 heterocycles. The number of carboxylic acids is 1. The maximum atomic E-state index is 12.7. The number of hydrogen-bond donors (Lipinski definition) is 4. The summed E-state index contributed by atoms with van der Waals surface area (Å²) in [4.78, 5) is 29.3. The van der Waals surface area contributed by atoms with E-state index < -0.39 is 5.97 Å². The molecule has 0 spiro atoms. The molecule has 0 amide bonds. The van der Waals surface area contributed by atoms with E-state index in [-0.39, 0.29) is 5.56 Å². The highest BCUT2D eigenvalue weighted by Crippen LogP contribution is 2.30. The number of anilines is 1. The van der Waals surface area contributed by atoms with Crippen molar-refractivity contribution in [2.24, 2.45) is 5.73 Å². The average Bonchev–Trinajstić information content (AvgIpc) is 3.08. The molecule has 0 saturated heterocycles. The molecule has 4 aromatic rings. The molecule has 0 unspecified atom stereocenters. The minimum atomic E-state index is -0.833. The van der Waals surface area contributed by atoms with Gasteiger partial charge in [-0.05, 0) is 43.3 Å². The Kier molecular flexibility index (Phi) is 6.56. The van der Waals surface area contributed by atoms with Gasteiger partial charge in [-0.3, -0.25) is 9.59 Å². The molecule has 6 N–H and O–H groups in total. The van der Waals surface area contributed by atoms with Gasteiger partial charge in [-0.25, -0.2) is 4.98 Å². The molecule has 4 rings (SSSR count). The third-order valence-corrected chi connectivity index (χ3v) is 4.66. The number of fused-ring (bicyclic) bond motifs is 2. The summed E-state index contributed by atoms with van der Waals surface area (Å²) in [7, 11) is 1.60. The number of aromatic nitrogens is 3. The molecule has 0 saturated carbocycles. The summed E-state index contributed by atoms with van der Waals surface area (Å²) in [5.41, 5.74) is 15.5. The van der Waals surface area contributed by atoms with Gasteiger partial charge >= 0.3 is 0 Å². The van der Waals surface area contributed by atoms with Gasteiger partial charge in [0, 0.05) is 47.9 Å². The van der Waals surface area contributed by atoms with Gasteiger partial charge in [0.1, 0.15) is 11.4 Å². The lowest BCUT2D eigenvalue weighted by atomic mass is 10.1. The van der Waals surface area contributed by atoms with Crippen LogP contribution in [0.2, 0.25) is 0 Å². The van der Waals surface area contributed by atoms with E-state index >= 15 is 0 Å². The number of nitrogens with one attached hydrogen (secondary N) is 1. The predicted octanol–water partition coefficient (Wildman–Crippen LogP) is 2.58. The number of nitrogen functional groups attached to an aromatic ring is 1. The third kappa shape index (κ3) is 4.84. The summed E-state index contributed by atoms with van der Waals surface area (Å²) in [5.74, 6) is -0.150. The Morgan fingerprint density at radius 1 is 1.26 bits per heavy atom. The second-order valence-electron chi connectivity index (χ2n) is 6.97. The summed E-state index contributed by atoms with van der Waals surface area (Å²) in [5, 5.41) is 8.31. The monoisotopic (exact) mass is 423 g/mol. The van der Waals surface area contributed by atoms with Gasteiger partial charge in [0.2, 0.25) is 0 Å². The highest BCUT2D eigenvalue weighted by Gasteiger charge is 2.16. The zero-order chi connectivity index (χ0) is 22.5. The molecule has 2 aromatic carbocycles. The molecule has 2 aromatic heterocycles. The van der Waals surface area contributed by atoms with Crippen LogP contribution in [0.15, 0.2) is 47.4 Å². The number of nitrogens with two attached hydrogens (primary N) is 2. The van der Waals surface area contributed by atoms with E-state index in [0.29, 0.717) is 34.7 Å². The third-order valence-electron chi connectivity index (χ3n) is 4.66. The molecular formula is C22H25N5O4. The molecule has 0 radical (unpaired) electrons. The summed E-state index contributed by atoms with van der Waals surface area (Å²) in [6, 6.07) is 11.1. The van der Waals surface area contributed by atoms with Gasteiger partial charge in [0.25, 0.3) is 11.5 Å². The summed E-state index contributed by atoms with van der Waals surface area (Å²) in [6.45, 7) is 2.44. The highest BCUT2D eigenvalue weighted by molar-refractivity contribution is 5.97. The van der Waals surface area contributed by atoms with E-state index in [1.54, 1.807) is 25.3 Å². The van der Waals surface area contributed by atoms with Gasteiger partial charge in [-0.1, -0.05) is 0 Å². The number of methoxy groups -OCH3 is 1. The van der Waals surface area contributed by atoms with Crippen molar-refractivity contribution in [1.82, 2.24) is 14.5 Å². The number of hydrogen-bond acceptors (Lipinski definition) is 6. The molecule has 0 aliphatic rings. The van der Waals surface area contributed by atoms with Crippen LogP contribution in [-0.4, -0.2) is 39.3 Å². The van der Waals surface area contributed by atoms with E-state index in [0.717, 1.165) is 36.4 Å². The number of ether oxygens (including phenoxy) is 1. The fourth-order valence-electron chi connectivity index (χ4n) is 3.32. The number of rotatable bonds is 5. The molecule has 9 nitrogen and oxygen atoms in total. The van der Waals surface area contributed by atoms with Gasteiger partial charge < -0.3 is 30.9 Å². The average molecular weight is 423 g/mol. The first-order chi connectivity index (χ1) is 14.8. The van der Waals surface area contributed by atoms with Gasteiger partial charge in [-0.15, -0.1) is 0 Å². The number of aromatic amines is 1. The van der Waals surface area contributed by atoms with E-state index in [9.17, 15) is 4.79 Å². The fraction of sp³-hybridized carbons (Fsp3) is 0.227. The van der Waals surface area contributed by atoms with Crippen molar-refractivity contribution in [3.63, 3.8) is 0 Å². The maximum absolute atomic E-state index is 12.7. The topological polar surface area (TPSA) is 149 Å². The fourth-order valence-corrected chi connectivity index (χ4v) is 3.32. The Labute approximate surface area is 178 Å². The number of benzene rings is 2. The number of carboxylic acid groups (broad SMARTS) is 1. The molecule has 0 fully saturated rings. The van der Waals surface area contributed by atoms with E-state index in [4.69, 9.17) is 26.1 Å². The molecule has 9 heteroatoms. The summed E-state index contributed by atoms with van der Waals surface area (Å²) in [6.07, 6.45) is 2.79. The number of H-pyrrole nitrogens is 1. The molecule has 31 heavy (non-hydrogen) atoms. The van der Waals surface area contributed by atoms with Crippen LogP contribution in [0.3, 0.4) is 0 Å². The summed E-state index contributed by atoms with van der Waals surface area (Å²) >= 11 is 0. The van der Waals surface area contributed by atoms with Gasteiger partial charge in [0.15, 0.2) is 0 Å². The summed E-state index contributed by atoms with van der Waals surface area (Å²) < 4.78 is 7.36. The van der Waals surface area contributed by atoms with Gasteiger partial charge in [-0.2, -0.15) is 0 Å². The maximum Gasteiger partial charge on any atom is 0.300 e. The van der Waals surface area contributed by atoms with Crippen molar-refractivity contribution in [1.29, 1.82) is 0 Å². The molecule has 0 aliphatic carbocycles. The number of aryl methyl sites for hydroxylation is 1. The Hall–Kier alpha value is -3.85. The van der Waals surface area contributed by atoms with E-state index in [1.807, 2.05) is 24.4 Å². The zero-order valence-corrected chi connectivity index (χ0v) is 17.4. The molecular weight excluding hydrogens is 398 g/mol. The Morgan fingerprint density at radius 3 is 2.68 bits per heavy atom. The van der Waals surface area contributed by atoms with Crippen LogP contribution in [0.4, 0.5) is 5.69 Å². The van der Waals surface area contributed by atoms with Crippen molar-refractivity contribution in [2.75, 3.05) is 19.4 Å². The quantitative estimate of drug-likeness (QED) is 0.360. The van der Waals surface area contributed by atoms with Crippen molar-refractivity contribution in [3.8, 4) is 17.0 Å².